The molecule has 0 saturated carbocycles. The maximum Gasteiger partial charge on any atom is 0.270 e. The van der Waals surface area contributed by atoms with Gasteiger partial charge in [0.25, 0.3) is 11.6 Å². The summed E-state index contributed by atoms with van der Waals surface area (Å²) in [5.41, 5.74) is 1.89. The molecule has 1 heterocycles. The van der Waals surface area contributed by atoms with E-state index < -0.39 is 4.92 Å². The highest BCUT2D eigenvalue weighted by molar-refractivity contribution is 7.22. The largest absolute Gasteiger partial charge is 0.309 e. The van der Waals surface area contributed by atoms with E-state index in [4.69, 9.17) is 11.6 Å². The van der Waals surface area contributed by atoms with Crippen LogP contribution in [0.4, 0.5) is 10.8 Å². The van der Waals surface area contributed by atoms with Crippen LogP contribution < -0.4 is 4.90 Å². The minimum atomic E-state index is -0.504. The zero-order chi connectivity index (χ0) is 21.1. The number of nitrogens with zero attached hydrogens (tertiary/aromatic N) is 4. The zero-order valence-electron chi connectivity index (χ0n) is 16.4. The molecule has 0 atom stereocenters. The second-order valence-corrected chi connectivity index (χ2v) is 8.43. The van der Waals surface area contributed by atoms with E-state index in [1.165, 1.54) is 29.5 Å². The van der Waals surface area contributed by atoms with E-state index in [9.17, 15) is 14.9 Å². The number of aryl methyl sites for hydroxylation is 1. The summed E-state index contributed by atoms with van der Waals surface area (Å²) in [6, 6.07) is 9.45. The number of benzene rings is 2. The van der Waals surface area contributed by atoms with Gasteiger partial charge >= 0.3 is 0 Å². The van der Waals surface area contributed by atoms with Crippen LogP contribution in [0.2, 0.25) is 5.02 Å². The number of thiazole rings is 1. The van der Waals surface area contributed by atoms with Crippen molar-refractivity contribution in [3.8, 4) is 0 Å². The lowest BCUT2D eigenvalue weighted by Crippen LogP contribution is -2.33. The number of fused-ring (bicyclic) bond motifs is 1. The summed E-state index contributed by atoms with van der Waals surface area (Å²) in [5, 5.41) is 12.3. The molecule has 0 aliphatic rings. The topological polar surface area (TPSA) is 79.6 Å². The van der Waals surface area contributed by atoms with Crippen molar-refractivity contribution in [2.24, 2.45) is 0 Å². The Balaban J connectivity index is 2.00. The molecule has 0 spiro atoms. The molecule has 0 bridgehead atoms. The van der Waals surface area contributed by atoms with Crippen LogP contribution >= 0.6 is 22.9 Å². The van der Waals surface area contributed by atoms with Gasteiger partial charge in [0.2, 0.25) is 0 Å². The van der Waals surface area contributed by atoms with Gasteiger partial charge in [-0.15, -0.1) is 0 Å². The molecular weight excluding hydrogens is 412 g/mol. The van der Waals surface area contributed by atoms with Gasteiger partial charge in [0.15, 0.2) is 5.13 Å². The van der Waals surface area contributed by atoms with Gasteiger partial charge < -0.3 is 4.90 Å². The lowest BCUT2D eigenvalue weighted by molar-refractivity contribution is -0.384. The van der Waals surface area contributed by atoms with Crippen molar-refractivity contribution < 1.29 is 9.72 Å². The Hall–Kier alpha value is -2.55. The van der Waals surface area contributed by atoms with Crippen molar-refractivity contribution in [3.63, 3.8) is 0 Å². The number of nitro benzene ring substituents is 1. The first-order chi connectivity index (χ1) is 13.8. The van der Waals surface area contributed by atoms with E-state index in [0.29, 0.717) is 16.7 Å². The van der Waals surface area contributed by atoms with Crippen molar-refractivity contribution in [1.29, 1.82) is 0 Å². The van der Waals surface area contributed by atoms with Gasteiger partial charge in [0, 0.05) is 29.3 Å². The normalized spacial score (nSPS) is 11.2. The van der Waals surface area contributed by atoms with Gasteiger partial charge in [-0.2, -0.15) is 0 Å². The number of nitro groups is 1. The molecule has 0 unspecified atom stereocenters. The van der Waals surface area contributed by atoms with Crippen LogP contribution in [-0.2, 0) is 0 Å². The molecule has 0 fully saturated rings. The molecule has 0 saturated heterocycles. The predicted molar refractivity (Wildman–Crippen MR) is 117 cm³/mol. The highest BCUT2D eigenvalue weighted by atomic mass is 35.5. The predicted octanol–water partition coefficient (Wildman–Crippen LogP) is 4.76. The number of carbonyl (C=O) groups excluding carboxylic acids is 1. The fourth-order valence-corrected chi connectivity index (χ4v) is 4.44. The first-order valence-electron chi connectivity index (χ1n) is 9.04. The van der Waals surface area contributed by atoms with Crippen molar-refractivity contribution in [2.45, 2.75) is 13.3 Å². The first kappa shape index (κ1) is 21.2. The number of anilines is 1. The lowest BCUT2D eigenvalue weighted by Gasteiger charge is -2.21. The monoisotopic (exact) mass is 432 g/mol. The van der Waals surface area contributed by atoms with Crippen LogP contribution in [-0.4, -0.2) is 47.9 Å². The fraction of sp³-hybridized carbons (Fsp3) is 0.300. The summed E-state index contributed by atoms with van der Waals surface area (Å²) in [4.78, 5) is 32.2. The summed E-state index contributed by atoms with van der Waals surface area (Å²) in [6.45, 7) is 3.18. The first-order valence-corrected chi connectivity index (χ1v) is 10.2. The molecule has 152 valence electrons. The van der Waals surface area contributed by atoms with E-state index in [1.54, 1.807) is 11.0 Å². The molecule has 1 aromatic heterocycles. The molecule has 0 aliphatic carbocycles. The van der Waals surface area contributed by atoms with Crippen LogP contribution in [0.1, 0.15) is 22.3 Å². The second-order valence-electron chi connectivity index (χ2n) is 6.99. The van der Waals surface area contributed by atoms with E-state index in [1.807, 2.05) is 38.1 Å². The number of hydrogen-bond acceptors (Lipinski definition) is 6. The maximum atomic E-state index is 13.3. The summed E-state index contributed by atoms with van der Waals surface area (Å²) >= 11 is 7.55. The SMILES string of the molecule is Cc1cc(Cl)cc2sc(N(CCCN(C)C)C(=O)c3cccc([N+](=O)[O-])c3)nc12. The van der Waals surface area contributed by atoms with Crippen LogP contribution in [0.3, 0.4) is 0 Å². The molecule has 1 amide bonds. The average molecular weight is 433 g/mol. The Morgan fingerprint density at radius 1 is 1.24 bits per heavy atom. The molecule has 3 rings (SSSR count). The van der Waals surface area contributed by atoms with Gasteiger partial charge in [-0.1, -0.05) is 29.0 Å². The molecule has 0 radical (unpaired) electrons. The minimum absolute atomic E-state index is 0.115. The Kier molecular flexibility index (Phi) is 6.46. The third-order valence-corrected chi connectivity index (χ3v) is 5.65. The molecule has 3 aromatic rings. The van der Waals surface area contributed by atoms with Crippen molar-refractivity contribution in [1.82, 2.24) is 9.88 Å². The number of non-ortho nitro benzene ring substituents is 1. The molecule has 7 nitrogen and oxygen atoms in total. The van der Waals surface area contributed by atoms with Gasteiger partial charge in [0.1, 0.15) is 0 Å². The van der Waals surface area contributed by atoms with Crippen LogP contribution in [0.15, 0.2) is 36.4 Å². The Labute approximate surface area is 177 Å². The van der Waals surface area contributed by atoms with E-state index in [0.717, 1.165) is 28.7 Å². The van der Waals surface area contributed by atoms with Crippen LogP contribution in [0.5, 0.6) is 0 Å². The quantitative estimate of drug-likeness (QED) is 0.397. The maximum absolute atomic E-state index is 13.3. The van der Waals surface area contributed by atoms with E-state index in [2.05, 4.69) is 4.98 Å². The number of amides is 1. The third-order valence-electron chi connectivity index (χ3n) is 4.41. The standard InChI is InChI=1S/C20H21ClN4O3S/c1-13-10-15(21)12-17-18(13)22-20(29-17)24(9-5-8-23(2)3)19(26)14-6-4-7-16(11-14)25(27)28/h4,6-7,10-12H,5,8-9H2,1-3H3. The number of carbonyl (C=O) groups is 1. The van der Waals surface area contributed by atoms with Crippen LogP contribution in [0, 0.1) is 17.0 Å². The Morgan fingerprint density at radius 3 is 2.69 bits per heavy atom. The molecule has 0 aliphatic heterocycles. The van der Waals surface area contributed by atoms with Gasteiger partial charge in [0.05, 0.1) is 15.1 Å². The summed E-state index contributed by atoms with van der Waals surface area (Å²) in [7, 11) is 3.94. The average Bonchev–Trinajstić information content (AvgIpc) is 3.08. The number of hydrogen-bond donors (Lipinski definition) is 0. The van der Waals surface area contributed by atoms with Crippen LogP contribution in [0.25, 0.3) is 10.2 Å². The van der Waals surface area contributed by atoms with Gasteiger partial charge in [-0.25, -0.2) is 4.98 Å². The number of rotatable bonds is 7. The van der Waals surface area contributed by atoms with Crippen molar-refractivity contribution in [2.75, 3.05) is 32.1 Å². The summed E-state index contributed by atoms with van der Waals surface area (Å²) in [5.74, 6) is -0.310. The minimum Gasteiger partial charge on any atom is -0.309 e. The lowest BCUT2D eigenvalue weighted by atomic mass is 10.1. The number of aromatic nitrogens is 1. The number of halogens is 1. The highest BCUT2D eigenvalue weighted by Crippen LogP contribution is 2.34. The zero-order valence-corrected chi connectivity index (χ0v) is 18.0. The smallest absolute Gasteiger partial charge is 0.270 e. The third kappa shape index (κ3) is 4.90. The molecule has 2 aromatic carbocycles. The molecular formula is C20H21ClN4O3S. The molecule has 29 heavy (non-hydrogen) atoms. The van der Waals surface area contributed by atoms with Gasteiger partial charge in [-0.3, -0.25) is 19.8 Å². The van der Waals surface area contributed by atoms with Crippen molar-refractivity contribution >= 4 is 49.9 Å². The van der Waals surface area contributed by atoms with Gasteiger partial charge in [-0.05, 0) is 57.7 Å². The molecule has 0 N–H and O–H groups in total. The molecule has 9 heteroatoms. The highest BCUT2D eigenvalue weighted by Gasteiger charge is 2.23. The van der Waals surface area contributed by atoms with E-state index in [-0.39, 0.29) is 17.2 Å². The Morgan fingerprint density at radius 2 is 2.00 bits per heavy atom. The summed E-state index contributed by atoms with van der Waals surface area (Å²) < 4.78 is 0.898. The Bertz CT molecular complexity index is 1070. The second kappa shape index (κ2) is 8.86. The van der Waals surface area contributed by atoms with E-state index >= 15 is 0 Å². The fourth-order valence-electron chi connectivity index (χ4n) is 3.00. The summed E-state index contributed by atoms with van der Waals surface area (Å²) in [6.07, 6.45) is 0.739. The van der Waals surface area contributed by atoms with Crippen molar-refractivity contribution in [3.05, 3.63) is 62.7 Å².